The molecule has 0 saturated carbocycles. The van der Waals surface area contributed by atoms with E-state index in [9.17, 15) is 13.6 Å². The highest BCUT2D eigenvalue weighted by atomic mass is 35.5. The molecule has 0 radical (unpaired) electrons. The second-order valence-corrected chi connectivity index (χ2v) is 2.83. The van der Waals surface area contributed by atoms with Crippen LogP contribution in [-0.2, 0) is 0 Å². The Morgan fingerprint density at radius 3 is 2.67 bits per heavy atom. The molecule has 0 aromatic carbocycles. The summed E-state index contributed by atoms with van der Waals surface area (Å²) in [4.78, 5) is 14.0. The minimum atomic E-state index is -3.02. The molecular formula is C8H3ClF2N2O2. The first-order chi connectivity index (χ1) is 6.99. The summed E-state index contributed by atoms with van der Waals surface area (Å²) in [6.07, 6.45) is -2.37. The summed E-state index contributed by atoms with van der Waals surface area (Å²) in [7, 11) is 0. The lowest BCUT2D eigenvalue weighted by Crippen LogP contribution is -2.08. The highest BCUT2D eigenvalue weighted by Gasteiger charge is 2.24. The van der Waals surface area contributed by atoms with Crippen LogP contribution in [-0.4, -0.2) is 16.1 Å². The summed E-state index contributed by atoms with van der Waals surface area (Å²) in [5.41, 5.74) is -2.17. The van der Waals surface area contributed by atoms with Crippen molar-refractivity contribution < 1.29 is 18.7 Å². The fraction of sp³-hybridized carbons (Fsp3) is 0.125. The molecule has 0 atom stereocenters. The van der Waals surface area contributed by atoms with Gasteiger partial charge in [0, 0.05) is 6.20 Å². The lowest BCUT2D eigenvalue weighted by atomic mass is 10.1. The van der Waals surface area contributed by atoms with Gasteiger partial charge in [0.1, 0.15) is 16.8 Å². The van der Waals surface area contributed by atoms with Gasteiger partial charge in [0.15, 0.2) is 0 Å². The third kappa shape index (κ3) is 2.02. The molecule has 0 aliphatic heterocycles. The third-order valence-corrected chi connectivity index (χ3v) is 1.91. The summed E-state index contributed by atoms with van der Waals surface area (Å²) < 4.78 is 24.8. The maximum atomic E-state index is 12.4. The zero-order chi connectivity index (χ0) is 11.6. The summed E-state index contributed by atoms with van der Waals surface area (Å²) >= 11 is 5.41. The van der Waals surface area contributed by atoms with Gasteiger partial charge in [-0.1, -0.05) is 11.6 Å². The second kappa shape index (κ2) is 4.19. The SMILES string of the molecule is N#Cc1c(Cl)ncc(C(F)F)c1C(=O)O. The van der Waals surface area contributed by atoms with Gasteiger partial charge in [0.25, 0.3) is 6.43 Å². The van der Waals surface area contributed by atoms with E-state index in [2.05, 4.69) is 4.98 Å². The van der Waals surface area contributed by atoms with E-state index in [1.54, 1.807) is 0 Å². The molecule has 0 bridgehead atoms. The monoisotopic (exact) mass is 232 g/mol. The van der Waals surface area contributed by atoms with Crippen molar-refractivity contribution in [3.8, 4) is 6.07 Å². The molecule has 1 rings (SSSR count). The molecule has 1 aromatic heterocycles. The normalized spacial score (nSPS) is 10.1. The lowest BCUT2D eigenvalue weighted by molar-refractivity contribution is 0.0684. The number of aromatic nitrogens is 1. The quantitative estimate of drug-likeness (QED) is 0.794. The van der Waals surface area contributed by atoms with E-state index in [1.165, 1.54) is 6.07 Å². The van der Waals surface area contributed by atoms with Crippen LogP contribution in [0.4, 0.5) is 8.78 Å². The van der Waals surface area contributed by atoms with Crippen molar-refractivity contribution in [1.82, 2.24) is 4.98 Å². The van der Waals surface area contributed by atoms with Crippen molar-refractivity contribution in [3.05, 3.63) is 28.0 Å². The Hall–Kier alpha value is -1.74. The fourth-order valence-electron chi connectivity index (χ4n) is 1.00. The first kappa shape index (κ1) is 11.3. The highest BCUT2D eigenvalue weighted by Crippen LogP contribution is 2.27. The Balaban J connectivity index is 3.58. The average molecular weight is 233 g/mol. The molecule has 4 nitrogen and oxygen atoms in total. The number of rotatable bonds is 2. The molecule has 0 saturated heterocycles. The number of aromatic carboxylic acids is 1. The van der Waals surface area contributed by atoms with Gasteiger partial charge in [-0.2, -0.15) is 5.26 Å². The lowest BCUT2D eigenvalue weighted by Gasteiger charge is -2.06. The minimum absolute atomic E-state index is 0.403. The number of alkyl halides is 2. The van der Waals surface area contributed by atoms with Crippen LogP contribution in [0, 0.1) is 11.3 Å². The summed E-state index contributed by atoms with van der Waals surface area (Å²) in [6, 6.07) is 1.43. The smallest absolute Gasteiger partial charge is 0.337 e. The topological polar surface area (TPSA) is 74.0 Å². The van der Waals surface area contributed by atoms with E-state index >= 15 is 0 Å². The van der Waals surface area contributed by atoms with Gasteiger partial charge in [0.2, 0.25) is 0 Å². The van der Waals surface area contributed by atoms with Crippen LogP contribution in [0.25, 0.3) is 0 Å². The van der Waals surface area contributed by atoms with Crippen LogP contribution >= 0.6 is 11.6 Å². The number of carboxylic acids is 1. The molecule has 7 heteroatoms. The zero-order valence-electron chi connectivity index (χ0n) is 7.04. The molecule has 0 fully saturated rings. The number of pyridine rings is 1. The molecule has 1 aromatic rings. The van der Waals surface area contributed by atoms with Crippen molar-refractivity contribution in [2.24, 2.45) is 0 Å². The number of carboxylic acid groups (broad SMARTS) is 1. The molecule has 0 aliphatic rings. The summed E-state index contributed by atoms with van der Waals surface area (Å²) in [6.45, 7) is 0. The van der Waals surface area contributed by atoms with Gasteiger partial charge < -0.3 is 5.11 Å². The van der Waals surface area contributed by atoms with Crippen LogP contribution in [0.3, 0.4) is 0 Å². The van der Waals surface area contributed by atoms with Crippen molar-refractivity contribution in [2.45, 2.75) is 6.43 Å². The Morgan fingerprint density at radius 2 is 2.27 bits per heavy atom. The molecule has 15 heavy (non-hydrogen) atoms. The van der Waals surface area contributed by atoms with Crippen molar-refractivity contribution in [1.29, 1.82) is 5.26 Å². The van der Waals surface area contributed by atoms with Crippen LogP contribution in [0.1, 0.15) is 27.9 Å². The number of nitrogens with zero attached hydrogens (tertiary/aromatic N) is 2. The number of hydrogen-bond acceptors (Lipinski definition) is 3. The predicted molar refractivity (Wildman–Crippen MR) is 45.9 cm³/mol. The van der Waals surface area contributed by atoms with E-state index in [0.717, 1.165) is 0 Å². The van der Waals surface area contributed by atoms with Crippen LogP contribution in [0.15, 0.2) is 6.20 Å². The Labute approximate surface area is 87.7 Å². The summed E-state index contributed by atoms with van der Waals surface area (Å²) in [5, 5.41) is 16.8. The molecular weight excluding hydrogens is 230 g/mol. The Bertz CT molecular complexity index is 457. The number of hydrogen-bond donors (Lipinski definition) is 1. The van der Waals surface area contributed by atoms with E-state index in [-0.39, 0.29) is 0 Å². The second-order valence-electron chi connectivity index (χ2n) is 2.47. The fourth-order valence-corrected chi connectivity index (χ4v) is 1.19. The summed E-state index contributed by atoms with van der Waals surface area (Å²) in [5.74, 6) is -1.63. The number of halogens is 3. The van der Waals surface area contributed by atoms with Crippen molar-refractivity contribution in [2.75, 3.05) is 0 Å². The maximum absolute atomic E-state index is 12.4. The Morgan fingerprint density at radius 1 is 1.67 bits per heavy atom. The number of carbonyl (C=O) groups is 1. The maximum Gasteiger partial charge on any atom is 0.337 e. The predicted octanol–water partition coefficient (Wildman–Crippen LogP) is 2.24. The average Bonchev–Trinajstić information content (AvgIpc) is 2.16. The molecule has 0 aliphatic carbocycles. The number of nitriles is 1. The van der Waals surface area contributed by atoms with E-state index < -0.39 is 34.2 Å². The first-order valence-electron chi connectivity index (χ1n) is 3.59. The van der Waals surface area contributed by atoms with Gasteiger partial charge in [0.05, 0.1) is 11.1 Å². The molecule has 0 spiro atoms. The first-order valence-corrected chi connectivity index (χ1v) is 3.96. The van der Waals surface area contributed by atoms with Crippen LogP contribution in [0.2, 0.25) is 5.15 Å². The molecule has 1 N–H and O–H groups in total. The largest absolute Gasteiger partial charge is 0.478 e. The molecule has 78 valence electrons. The van der Waals surface area contributed by atoms with E-state index in [1.807, 2.05) is 0 Å². The zero-order valence-corrected chi connectivity index (χ0v) is 7.79. The van der Waals surface area contributed by atoms with Gasteiger partial charge in [-0.3, -0.25) is 0 Å². The molecule has 1 heterocycles. The van der Waals surface area contributed by atoms with Gasteiger partial charge >= 0.3 is 5.97 Å². The molecule has 0 amide bonds. The van der Waals surface area contributed by atoms with Gasteiger partial charge in [-0.05, 0) is 0 Å². The standard InChI is InChI=1S/C8H3ClF2N2O2/c9-6-3(1-12)5(8(14)15)4(2-13-6)7(10)11/h2,7H,(H,14,15). The third-order valence-electron chi connectivity index (χ3n) is 1.62. The van der Waals surface area contributed by atoms with Crippen LogP contribution < -0.4 is 0 Å². The minimum Gasteiger partial charge on any atom is -0.478 e. The van der Waals surface area contributed by atoms with Crippen molar-refractivity contribution in [3.63, 3.8) is 0 Å². The van der Waals surface area contributed by atoms with Gasteiger partial charge in [-0.25, -0.2) is 18.6 Å². The Kier molecular flexibility index (Phi) is 3.17. The van der Waals surface area contributed by atoms with Gasteiger partial charge in [-0.15, -0.1) is 0 Å². The highest BCUT2D eigenvalue weighted by molar-refractivity contribution is 6.31. The van der Waals surface area contributed by atoms with Crippen molar-refractivity contribution >= 4 is 17.6 Å². The van der Waals surface area contributed by atoms with E-state index in [0.29, 0.717) is 6.20 Å². The van der Waals surface area contributed by atoms with E-state index in [4.69, 9.17) is 22.0 Å². The molecule has 0 unspecified atom stereocenters. The van der Waals surface area contributed by atoms with Crippen LogP contribution in [0.5, 0.6) is 0 Å².